The third kappa shape index (κ3) is 4.98. The molecule has 10 aromatic rings. The van der Waals surface area contributed by atoms with Crippen LogP contribution in [0.1, 0.15) is 36.1 Å². The molecule has 3 heteroatoms. The van der Waals surface area contributed by atoms with Crippen molar-refractivity contribution in [3.8, 4) is 27.9 Å². The van der Waals surface area contributed by atoms with Crippen LogP contribution in [0.15, 0.2) is 187 Å². The maximum atomic E-state index is 6.91. The summed E-state index contributed by atoms with van der Waals surface area (Å²) in [6.45, 7) is 11.4. The lowest BCUT2D eigenvalue weighted by atomic mass is 9.82. The van der Waals surface area contributed by atoms with E-state index in [-0.39, 0.29) is 5.41 Å². The standard InChI is InChI=1S/C54H40N2O/c1-34-15-8-12-22-48(34)55(39-16-6-5-7-17-39)35(2)36-25-27-37(28-26-36)38-29-30-42-43-20-14-24-50(53(43)57-52(42)31-38)56-49-23-13-10-19-41(49)45-32-44-40-18-9-11-21-46(40)54(3,4)47(44)33-51(45)56/h5-33H,2H2,1,3-4H3. The highest BCUT2D eigenvalue weighted by atomic mass is 16.3. The fraction of sp³-hybridized carbons (Fsp3) is 0.0741. The molecule has 272 valence electrons. The lowest BCUT2D eigenvalue weighted by molar-refractivity contribution is 0.660. The normalized spacial score (nSPS) is 13.0. The van der Waals surface area contributed by atoms with E-state index in [1.165, 1.54) is 49.6 Å². The minimum atomic E-state index is -0.100. The second kappa shape index (κ2) is 12.5. The van der Waals surface area contributed by atoms with Gasteiger partial charge in [0.15, 0.2) is 5.58 Å². The Morgan fingerprint density at radius 2 is 1.28 bits per heavy atom. The van der Waals surface area contributed by atoms with Crippen molar-refractivity contribution in [1.29, 1.82) is 0 Å². The van der Waals surface area contributed by atoms with Crippen LogP contribution in [0.4, 0.5) is 11.4 Å². The predicted molar refractivity (Wildman–Crippen MR) is 240 cm³/mol. The lowest BCUT2D eigenvalue weighted by Gasteiger charge is -2.29. The largest absolute Gasteiger partial charge is 0.454 e. The first-order valence-electron chi connectivity index (χ1n) is 19.7. The Labute approximate surface area is 332 Å². The van der Waals surface area contributed by atoms with Gasteiger partial charge in [0.1, 0.15) is 5.58 Å². The molecule has 57 heavy (non-hydrogen) atoms. The molecular formula is C54H40N2O. The molecule has 0 N–H and O–H groups in total. The summed E-state index contributed by atoms with van der Waals surface area (Å²) in [6.07, 6.45) is 0. The molecule has 0 amide bonds. The van der Waals surface area contributed by atoms with Crippen molar-refractivity contribution >= 4 is 60.8 Å². The highest BCUT2D eigenvalue weighted by Gasteiger charge is 2.36. The molecule has 1 aliphatic rings. The average molecular weight is 733 g/mol. The molecule has 0 aliphatic heterocycles. The van der Waals surface area contributed by atoms with E-state index < -0.39 is 0 Å². The van der Waals surface area contributed by atoms with Crippen molar-refractivity contribution in [2.24, 2.45) is 0 Å². The van der Waals surface area contributed by atoms with Crippen molar-refractivity contribution in [3.63, 3.8) is 0 Å². The van der Waals surface area contributed by atoms with Gasteiger partial charge < -0.3 is 13.9 Å². The van der Waals surface area contributed by atoms with Gasteiger partial charge in [0, 0.05) is 44.0 Å². The summed E-state index contributed by atoms with van der Waals surface area (Å²) in [5, 5.41) is 4.71. The van der Waals surface area contributed by atoms with E-state index in [2.05, 4.69) is 207 Å². The Balaban J connectivity index is 1.00. The molecule has 0 spiro atoms. The quantitative estimate of drug-likeness (QED) is 0.170. The van der Waals surface area contributed by atoms with Gasteiger partial charge in [0.25, 0.3) is 0 Å². The molecule has 0 fully saturated rings. The maximum Gasteiger partial charge on any atom is 0.159 e. The smallest absolute Gasteiger partial charge is 0.159 e. The molecule has 2 aromatic heterocycles. The van der Waals surface area contributed by atoms with Crippen LogP contribution < -0.4 is 4.90 Å². The molecule has 0 radical (unpaired) electrons. The van der Waals surface area contributed by atoms with Crippen molar-refractivity contribution in [2.75, 3.05) is 4.90 Å². The highest BCUT2D eigenvalue weighted by molar-refractivity contribution is 6.14. The van der Waals surface area contributed by atoms with Crippen LogP contribution in [-0.2, 0) is 5.41 Å². The first kappa shape index (κ1) is 33.3. The third-order valence-corrected chi connectivity index (χ3v) is 12.3. The van der Waals surface area contributed by atoms with E-state index in [0.29, 0.717) is 0 Å². The summed E-state index contributed by atoms with van der Waals surface area (Å²) in [5.74, 6) is 0. The zero-order valence-electron chi connectivity index (χ0n) is 32.3. The molecule has 0 saturated carbocycles. The number of benzene rings is 8. The molecule has 0 bridgehead atoms. The summed E-state index contributed by atoms with van der Waals surface area (Å²) >= 11 is 0. The van der Waals surface area contributed by atoms with Gasteiger partial charge in [-0.2, -0.15) is 0 Å². The summed E-state index contributed by atoms with van der Waals surface area (Å²) in [5.41, 5.74) is 18.1. The van der Waals surface area contributed by atoms with Gasteiger partial charge in [-0.05, 0) is 106 Å². The summed E-state index contributed by atoms with van der Waals surface area (Å²) in [7, 11) is 0. The number of fused-ring (bicyclic) bond motifs is 9. The fourth-order valence-electron chi connectivity index (χ4n) is 9.38. The van der Waals surface area contributed by atoms with Gasteiger partial charge >= 0.3 is 0 Å². The lowest BCUT2D eigenvalue weighted by Crippen LogP contribution is -2.15. The summed E-state index contributed by atoms with van der Waals surface area (Å²) < 4.78 is 9.33. The topological polar surface area (TPSA) is 21.3 Å². The minimum absolute atomic E-state index is 0.100. The van der Waals surface area contributed by atoms with Crippen LogP contribution in [-0.4, -0.2) is 4.57 Å². The van der Waals surface area contributed by atoms with Gasteiger partial charge in [-0.15, -0.1) is 0 Å². The number of aryl methyl sites for hydroxylation is 1. The van der Waals surface area contributed by atoms with E-state index >= 15 is 0 Å². The molecule has 0 atom stereocenters. The second-order valence-electron chi connectivity index (χ2n) is 15.9. The average Bonchev–Trinajstić information content (AvgIpc) is 3.86. The molecule has 1 aliphatic carbocycles. The van der Waals surface area contributed by atoms with Gasteiger partial charge in [-0.1, -0.05) is 142 Å². The van der Waals surface area contributed by atoms with E-state index in [9.17, 15) is 0 Å². The van der Waals surface area contributed by atoms with Gasteiger partial charge in [-0.3, -0.25) is 0 Å². The van der Waals surface area contributed by atoms with Crippen molar-refractivity contribution in [1.82, 2.24) is 4.57 Å². The van der Waals surface area contributed by atoms with E-state index in [1.807, 2.05) is 6.07 Å². The maximum absolute atomic E-state index is 6.91. The van der Waals surface area contributed by atoms with Crippen LogP contribution in [0.3, 0.4) is 0 Å². The number of hydrogen-bond acceptors (Lipinski definition) is 2. The third-order valence-electron chi connectivity index (χ3n) is 12.3. The molecule has 8 aromatic carbocycles. The first-order valence-corrected chi connectivity index (χ1v) is 19.7. The Kier molecular flexibility index (Phi) is 7.27. The SMILES string of the molecule is C=C(c1ccc(-c2ccc3c(c2)oc2c(-n4c5ccccc5c5cc6c(cc54)C(C)(C)c4ccccc4-6)cccc23)cc1)N(c1ccccc1)c1ccccc1C. The van der Waals surface area contributed by atoms with Crippen LogP contribution in [0, 0.1) is 6.92 Å². The monoisotopic (exact) mass is 732 g/mol. The number of anilines is 2. The van der Waals surface area contributed by atoms with Crippen molar-refractivity contribution in [3.05, 3.63) is 205 Å². The van der Waals surface area contributed by atoms with Gasteiger partial charge in [0.05, 0.1) is 16.7 Å². The molecule has 11 rings (SSSR count). The van der Waals surface area contributed by atoms with Crippen molar-refractivity contribution < 1.29 is 4.42 Å². The Bertz CT molecular complexity index is 3230. The number of nitrogens with zero attached hydrogens (tertiary/aromatic N) is 2. The minimum Gasteiger partial charge on any atom is -0.454 e. The number of hydrogen-bond donors (Lipinski definition) is 0. The molecule has 0 saturated heterocycles. The van der Waals surface area contributed by atoms with Crippen molar-refractivity contribution in [2.45, 2.75) is 26.2 Å². The van der Waals surface area contributed by atoms with Gasteiger partial charge in [0.2, 0.25) is 0 Å². The fourth-order valence-corrected chi connectivity index (χ4v) is 9.38. The van der Waals surface area contributed by atoms with Crippen LogP contribution in [0.2, 0.25) is 0 Å². The number of para-hydroxylation sites is 4. The zero-order chi connectivity index (χ0) is 38.4. The van der Waals surface area contributed by atoms with Crippen LogP contribution >= 0.6 is 0 Å². The summed E-state index contributed by atoms with van der Waals surface area (Å²) in [6, 6.07) is 63.3. The second-order valence-corrected chi connectivity index (χ2v) is 15.9. The Hall–Kier alpha value is -7.10. The number of aromatic nitrogens is 1. The molecule has 2 heterocycles. The van der Waals surface area contributed by atoms with Crippen LogP contribution in [0.5, 0.6) is 0 Å². The predicted octanol–water partition coefficient (Wildman–Crippen LogP) is 14.8. The molecule has 0 unspecified atom stereocenters. The number of rotatable bonds is 6. The van der Waals surface area contributed by atoms with Crippen LogP contribution in [0.25, 0.3) is 77.4 Å². The Morgan fingerprint density at radius 3 is 2.12 bits per heavy atom. The van der Waals surface area contributed by atoms with Gasteiger partial charge in [-0.25, -0.2) is 0 Å². The number of furan rings is 1. The molecular weight excluding hydrogens is 693 g/mol. The zero-order valence-corrected chi connectivity index (χ0v) is 32.3. The Morgan fingerprint density at radius 1 is 0.561 bits per heavy atom. The van der Waals surface area contributed by atoms with E-state index in [0.717, 1.165) is 61.4 Å². The van der Waals surface area contributed by atoms with E-state index in [1.54, 1.807) is 0 Å². The highest BCUT2D eigenvalue weighted by Crippen LogP contribution is 2.51. The first-order chi connectivity index (χ1) is 27.9. The molecule has 3 nitrogen and oxygen atoms in total. The van der Waals surface area contributed by atoms with E-state index in [4.69, 9.17) is 4.42 Å². The summed E-state index contributed by atoms with van der Waals surface area (Å²) in [4.78, 5) is 2.24.